The van der Waals surface area contributed by atoms with E-state index in [0.29, 0.717) is 24.8 Å². The van der Waals surface area contributed by atoms with Gasteiger partial charge >= 0.3 is 0 Å². The van der Waals surface area contributed by atoms with E-state index in [1.807, 2.05) is 33.7 Å². The van der Waals surface area contributed by atoms with Gasteiger partial charge in [0.05, 0.1) is 11.8 Å². The fraction of sp³-hybridized carbons (Fsp3) is 0.652. The van der Waals surface area contributed by atoms with Crippen molar-refractivity contribution >= 4 is 11.6 Å². The van der Waals surface area contributed by atoms with E-state index in [1.165, 1.54) is 32.1 Å². The standard InChI is InChI=1S/C23H33N5O2/c29-19-9-11-25(16-19)17-20-22(24-21-8-4-5-10-28(20)21)23(30)27-14-12-26(13-15-27)18-6-2-1-3-7-18/h4-5,8,10,18-19,29H,1-3,6-7,9,11-17H2/t19-/m1/s1. The minimum absolute atomic E-state index is 0.0525. The summed E-state index contributed by atoms with van der Waals surface area (Å²) >= 11 is 0. The van der Waals surface area contributed by atoms with Crippen molar-refractivity contribution in [1.29, 1.82) is 0 Å². The van der Waals surface area contributed by atoms with Gasteiger partial charge < -0.3 is 14.4 Å². The molecule has 1 aliphatic carbocycles. The average molecular weight is 412 g/mol. The summed E-state index contributed by atoms with van der Waals surface area (Å²) in [5.74, 6) is 0.0525. The molecule has 1 atom stereocenters. The van der Waals surface area contributed by atoms with Crippen LogP contribution < -0.4 is 0 Å². The lowest BCUT2D eigenvalue weighted by atomic mass is 9.94. The summed E-state index contributed by atoms with van der Waals surface area (Å²) in [5, 5.41) is 9.91. The topological polar surface area (TPSA) is 64.3 Å². The molecule has 2 saturated heterocycles. The quantitative estimate of drug-likeness (QED) is 0.834. The van der Waals surface area contributed by atoms with E-state index >= 15 is 0 Å². The Morgan fingerprint density at radius 3 is 2.57 bits per heavy atom. The van der Waals surface area contributed by atoms with Gasteiger partial charge in [0, 0.05) is 58.1 Å². The summed E-state index contributed by atoms with van der Waals surface area (Å²) in [4.78, 5) is 25.0. The van der Waals surface area contributed by atoms with Crippen LogP contribution in [0.1, 0.15) is 54.7 Å². The van der Waals surface area contributed by atoms with Gasteiger partial charge in [-0.1, -0.05) is 25.3 Å². The predicted molar refractivity (Wildman–Crippen MR) is 115 cm³/mol. The van der Waals surface area contributed by atoms with Crippen molar-refractivity contribution in [1.82, 2.24) is 24.1 Å². The van der Waals surface area contributed by atoms with Crippen LogP contribution in [-0.4, -0.2) is 86.5 Å². The molecule has 2 aromatic rings. The molecule has 1 amide bonds. The summed E-state index contributed by atoms with van der Waals surface area (Å²) in [7, 11) is 0. The fourth-order valence-corrected chi connectivity index (χ4v) is 5.42. The number of carbonyl (C=O) groups is 1. The summed E-state index contributed by atoms with van der Waals surface area (Å²) in [6.45, 7) is 5.67. The molecule has 5 rings (SSSR count). The van der Waals surface area contributed by atoms with E-state index in [0.717, 1.165) is 50.5 Å². The number of likely N-dealkylation sites (tertiary alicyclic amines) is 1. The number of pyridine rings is 1. The van der Waals surface area contributed by atoms with Gasteiger partial charge in [-0.05, 0) is 31.4 Å². The highest BCUT2D eigenvalue weighted by Gasteiger charge is 2.31. The zero-order valence-corrected chi connectivity index (χ0v) is 17.7. The molecular formula is C23H33N5O2. The molecule has 7 nitrogen and oxygen atoms in total. The fourth-order valence-electron chi connectivity index (χ4n) is 5.42. The van der Waals surface area contributed by atoms with Crippen molar-refractivity contribution in [2.24, 2.45) is 0 Å². The first-order valence-electron chi connectivity index (χ1n) is 11.6. The van der Waals surface area contributed by atoms with Crippen LogP contribution in [0.5, 0.6) is 0 Å². The molecule has 0 unspecified atom stereocenters. The molecule has 0 radical (unpaired) electrons. The van der Waals surface area contributed by atoms with E-state index in [2.05, 4.69) is 9.80 Å². The van der Waals surface area contributed by atoms with Crippen LogP contribution >= 0.6 is 0 Å². The van der Waals surface area contributed by atoms with Crippen LogP contribution in [0.3, 0.4) is 0 Å². The number of aromatic nitrogens is 2. The zero-order valence-electron chi connectivity index (χ0n) is 17.7. The van der Waals surface area contributed by atoms with E-state index < -0.39 is 0 Å². The maximum atomic E-state index is 13.5. The van der Waals surface area contributed by atoms with Gasteiger partial charge in [0.1, 0.15) is 5.65 Å². The number of piperazine rings is 1. The molecule has 0 bridgehead atoms. The third-order valence-corrected chi connectivity index (χ3v) is 7.14. The minimum atomic E-state index is -0.267. The number of carbonyl (C=O) groups excluding carboxylic acids is 1. The second kappa shape index (κ2) is 8.65. The third kappa shape index (κ3) is 3.98. The maximum Gasteiger partial charge on any atom is 0.274 e. The molecule has 3 fully saturated rings. The second-order valence-electron chi connectivity index (χ2n) is 9.13. The molecule has 3 aliphatic rings. The first-order chi connectivity index (χ1) is 14.7. The lowest BCUT2D eigenvalue weighted by Gasteiger charge is -2.40. The van der Waals surface area contributed by atoms with Crippen molar-refractivity contribution in [2.45, 2.75) is 57.2 Å². The number of hydrogen-bond donors (Lipinski definition) is 1. The predicted octanol–water partition coefficient (Wildman–Crippen LogP) is 1.99. The van der Waals surface area contributed by atoms with Crippen molar-refractivity contribution in [3.05, 3.63) is 35.8 Å². The summed E-state index contributed by atoms with van der Waals surface area (Å²) in [6, 6.07) is 6.61. The largest absolute Gasteiger partial charge is 0.392 e. The van der Waals surface area contributed by atoms with Gasteiger partial charge in [-0.25, -0.2) is 4.98 Å². The molecule has 2 aromatic heterocycles. The van der Waals surface area contributed by atoms with Crippen LogP contribution in [0, 0.1) is 0 Å². The highest BCUT2D eigenvalue weighted by Crippen LogP contribution is 2.25. The minimum Gasteiger partial charge on any atom is -0.392 e. The number of nitrogens with zero attached hydrogens (tertiary/aromatic N) is 5. The molecule has 162 valence electrons. The summed E-state index contributed by atoms with van der Waals surface area (Å²) < 4.78 is 2.04. The van der Waals surface area contributed by atoms with Crippen LogP contribution in [-0.2, 0) is 6.54 Å². The van der Waals surface area contributed by atoms with Gasteiger partial charge in [-0.2, -0.15) is 0 Å². The van der Waals surface area contributed by atoms with Gasteiger partial charge in [0.25, 0.3) is 5.91 Å². The van der Waals surface area contributed by atoms with E-state index in [4.69, 9.17) is 4.98 Å². The molecule has 2 aliphatic heterocycles. The molecule has 7 heteroatoms. The van der Waals surface area contributed by atoms with Crippen molar-refractivity contribution in [2.75, 3.05) is 39.3 Å². The number of amides is 1. The molecule has 1 saturated carbocycles. The molecule has 0 aromatic carbocycles. The van der Waals surface area contributed by atoms with Crippen LogP contribution in [0.2, 0.25) is 0 Å². The first kappa shape index (κ1) is 20.0. The molecule has 1 N–H and O–H groups in total. The monoisotopic (exact) mass is 411 g/mol. The number of rotatable bonds is 4. The Morgan fingerprint density at radius 2 is 1.83 bits per heavy atom. The zero-order chi connectivity index (χ0) is 20.5. The smallest absolute Gasteiger partial charge is 0.274 e. The molecule has 0 spiro atoms. The normalized spacial score (nSPS) is 24.7. The Balaban J connectivity index is 1.32. The summed E-state index contributed by atoms with van der Waals surface area (Å²) in [6.07, 6.45) is 9.21. The number of aliphatic hydroxyl groups is 1. The number of hydrogen-bond acceptors (Lipinski definition) is 5. The van der Waals surface area contributed by atoms with Crippen LogP contribution in [0.15, 0.2) is 24.4 Å². The highest BCUT2D eigenvalue weighted by molar-refractivity contribution is 5.94. The second-order valence-corrected chi connectivity index (χ2v) is 9.13. The van der Waals surface area contributed by atoms with Crippen molar-refractivity contribution < 1.29 is 9.90 Å². The third-order valence-electron chi connectivity index (χ3n) is 7.14. The van der Waals surface area contributed by atoms with E-state index in [-0.39, 0.29) is 12.0 Å². The van der Waals surface area contributed by atoms with Crippen LogP contribution in [0.4, 0.5) is 0 Å². The van der Waals surface area contributed by atoms with E-state index in [9.17, 15) is 9.90 Å². The Bertz CT molecular complexity index is 883. The lowest BCUT2D eigenvalue weighted by Crippen LogP contribution is -2.52. The van der Waals surface area contributed by atoms with Crippen LogP contribution in [0.25, 0.3) is 5.65 Å². The van der Waals surface area contributed by atoms with Gasteiger partial charge in [0.15, 0.2) is 5.69 Å². The lowest BCUT2D eigenvalue weighted by molar-refractivity contribution is 0.0517. The maximum absolute atomic E-state index is 13.5. The molecular weight excluding hydrogens is 378 g/mol. The summed E-state index contributed by atoms with van der Waals surface area (Å²) in [5.41, 5.74) is 2.34. The van der Waals surface area contributed by atoms with Crippen molar-refractivity contribution in [3.8, 4) is 0 Å². The number of fused-ring (bicyclic) bond motifs is 1. The van der Waals surface area contributed by atoms with Crippen molar-refractivity contribution in [3.63, 3.8) is 0 Å². The Hall–Kier alpha value is -1.96. The van der Waals surface area contributed by atoms with E-state index in [1.54, 1.807) is 0 Å². The Morgan fingerprint density at radius 1 is 1.03 bits per heavy atom. The van der Waals surface area contributed by atoms with Gasteiger partial charge in [0.2, 0.25) is 0 Å². The first-order valence-corrected chi connectivity index (χ1v) is 11.6. The molecule has 4 heterocycles. The Kier molecular flexibility index (Phi) is 5.76. The number of β-amino-alcohol motifs (C(OH)–C–C–N with tert-alkyl or cyclic N) is 1. The van der Waals surface area contributed by atoms with Gasteiger partial charge in [-0.15, -0.1) is 0 Å². The Labute approximate surface area is 178 Å². The SMILES string of the molecule is O=C(c1nc2ccccn2c1CN1CC[C@@H](O)C1)N1CCN(C2CCCCC2)CC1. The molecule has 30 heavy (non-hydrogen) atoms. The number of imidazole rings is 1. The average Bonchev–Trinajstić information content (AvgIpc) is 3.37. The highest BCUT2D eigenvalue weighted by atomic mass is 16.3. The number of aliphatic hydroxyl groups excluding tert-OH is 1. The van der Waals surface area contributed by atoms with Gasteiger partial charge in [-0.3, -0.25) is 14.6 Å².